The zero-order valence-electron chi connectivity index (χ0n) is 9.59. The van der Waals surface area contributed by atoms with E-state index in [0.717, 1.165) is 6.92 Å². The summed E-state index contributed by atoms with van der Waals surface area (Å²) in [5.74, 6) is -2.12. The summed E-state index contributed by atoms with van der Waals surface area (Å²) in [6.07, 6.45) is 0. The molecular formula is C13H12F2O2. The first-order chi connectivity index (χ1) is 7.91. The van der Waals surface area contributed by atoms with Crippen LogP contribution in [0.15, 0.2) is 42.2 Å². The molecule has 90 valence electrons. The number of hydrogen-bond acceptors (Lipinski definition) is 2. The highest BCUT2D eigenvalue weighted by Crippen LogP contribution is 2.23. The maximum Gasteiger partial charge on any atom is 0.338 e. The van der Waals surface area contributed by atoms with Crippen LogP contribution in [0.1, 0.15) is 19.4 Å². The Hall–Kier alpha value is -1.97. The van der Waals surface area contributed by atoms with Crippen LogP contribution in [-0.2, 0) is 4.79 Å². The third kappa shape index (κ3) is 3.52. The second-order valence-electron chi connectivity index (χ2n) is 3.54. The lowest BCUT2D eigenvalue weighted by atomic mass is 10.2. The maximum atomic E-state index is 13.2. The van der Waals surface area contributed by atoms with E-state index < -0.39 is 17.6 Å². The summed E-state index contributed by atoms with van der Waals surface area (Å²) in [6, 6.07) is 5.44. The van der Waals surface area contributed by atoms with Crippen LogP contribution in [-0.4, -0.2) is 5.97 Å². The lowest BCUT2D eigenvalue weighted by Gasteiger charge is -2.04. The molecule has 0 spiro atoms. The summed E-state index contributed by atoms with van der Waals surface area (Å²) in [4.78, 5) is 11.2. The quantitative estimate of drug-likeness (QED) is 0.455. The van der Waals surface area contributed by atoms with Gasteiger partial charge in [0, 0.05) is 11.1 Å². The summed E-state index contributed by atoms with van der Waals surface area (Å²) < 4.78 is 30.7. The summed E-state index contributed by atoms with van der Waals surface area (Å²) in [7, 11) is 0. The van der Waals surface area contributed by atoms with E-state index in [9.17, 15) is 13.6 Å². The predicted octanol–water partition coefficient (Wildman–Crippen LogP) is 3.80. The van der Waals surface area contributed by atoms with Gasteiger partial charge in [-0.25, -0.2) is 13.6 Å². The Morgan fingerprint density at radius 2 is 1.71 bits per heavy atom. The molecule has 1 aromatic carbocycles. The minimum absolute atomic E-state index is 0.0973. The van der Waals surface area contributed by atoms with E-state index in [4.69, 9.17) is 4.74 Å². The van der Waals surface area contributed by atoms with Crippen LogP contribution >= 0.6 is 0 Å². The van der Waals surface area contributed by atoms with Crippen LogP contribution in [0.2, 0.25) is 0 Å². The number of allylic oxidation sites excluding steroid dienone is 1. The average Bonchev–Trinajstić information content (AvgIpc) is 2.28. The lowest BCUT2D eigenvalue weighted by Crippen LogP contribution is -2.07. The fraction of sp³-hybridized carbons (Fsp3) is 0.154. The topological polar surface area (TPSA) is 26.3 Å². The molecule has 1 rings (SSSR count). The van der Waals surface area contributed by atoms with Gasteiger partial charge in [-0.05, 0) is 38.1 Å². The van der Waals surface area contributed by atoms with E-state index in [0.29, 0.717) is 0 Å². The molecule has 0 bridgehead atoms. The zero-order chi connectivity index (χ0) is 13.0. The Bertz CT molecular complexity index is 469. The van der Waals surface area contributed by atoms with Crippen molar-refractivity contribution < 1.29 is 18.3 Å². The van der Waals surface area contributed by atoms with Crippen molar-refractivity contribution in [2.24, 2.45) is 0 Å². The number of esters is 1. The third-order valence-corrected chi connectivity index (χ3v) is 1.97. The minimum Gasteiger partial charge on any atom is -0.423 e. The molecule has 1 aromatic rings. The SMILES string of the molecule is C=C(C)C(=O)Oc1ccc(/C(F)=C(/C)F)cc1. The summed E-state index contributed by atoms with van der Waals surface area (Å²) in [5.41, 5.74) is 0.361. The van der Waals surface area contributed by atoms with Crippen LogP contribution in [0.5, 0.6) is 5.75 Å². The van der Waals surface area contributed by atoms with Gasteiger partial charge in [0.15, 0.2) is 5.83 Å². The average molecular weight is 238 g/mol. The van der Waals surface area contributed by atoms with E-state index >= 15 is 0 Å². The first-order valence-electron chi connectivity index (χ1n) is 4.92. The molecule has 0 atom stereocenters. The van der Waals surface area contributed by atoms with Crippen LogP contribution in [0.4, 0.5) is 8.78 Å². The lowest BCUT2D eigenvalue weighted by molar-refractivity contribution is -0.130. The van der Waals surface area contributed by atoms with Crippen LogP contribution in [0.3, 0.4) is 0 Å². The van der Waals surface area contributed by atoms with Crippen molar-refractivity contribution in [3.63, 3.8) is 0 Å². The first kappa shape index (κ1) is 13.1. The van der Waals surface area contributed by atoms with Crippen molar-refractivity contribution in [3.05, 3.63) is 47.8 Å². The molecule has 0 N–H and O–H groups in total. The van der Waals surface area contributed by atoms with Crippen LogP contribution < -0.4 is 4.74 Å². The number of carbonyl (C=O) groups excluding carboxylic acids is 1. The van der Waals surface area contributed by atoms with E-state index in [1.165, 1.54) is 31.2 Å². The molecule has 0 heterocycles. The Balaban J connectivity index is 2.86. The number of ether oxygens (including phenoxy) is 1. The molecule has 0 saturated carbocycles. The van der Waals surface area contributed by atoms with Crippen molar-refractivity contribution in [3.8, 4) is 5.75 Å². The first-order valence-corrected chi connectivity index (χ1v) is 4.92. The van der Waals surface area contributed by atoms with Crippen molar-refractivity contribution >= 4 is 11.8 Å². The van der Waals surface area contributed by atoms with Crippen molar-refractivity contribution in [2.45, 2.75) is 13.8 Å². The van der Waals surface area contributed by atoms with Crippen molar-refractivity contribution in [1.82, 2.24) is 0 Å². The smallest absolute Gasteiger partial charge is 0.338 e. The molecule has 0 aromatic heterocycles. The Labute approximate surface area is 98.2 Å². The predicted molar refractivity (Wildman–Crippen MR) is 61.7 cm³/mol. The number of carbonyl (C=O) groups is 1. The molecule has 0 fully saturated rings. The van der Waals surface area contributed by atoms with E-state index in [-0.39, 0.29) is 16.9 Å². The molecule has 0 unspecified atom stereocenters. The van der Waals surface area contributed by atoms with Crippen LogP contribution in [0, 0.1) is 0 Å². The number of benzene rings is 1. The largest absolute Gasteiger partial charge is 0.423 e. The molecule has 0 aliphatic carbocycles. The number of hydrogen-bond donors (Lipinski definition) is 0. The second-order valence-corrected chi connectivity index (χ2v) is 3.54. The fourth-order valence-electron chi connectivity index (χ4n) is 1.06. The van der Waals surface area contributed by atoms with Gasteiger partial charge in [0.25, 0.3) is 0 Å². The summed E-state index contributed by atoms with van der Waals surface area (Å²) in [5, 5.41) is 0. The number of halogens is 2. The number of rotatable bonds is 3. The zero-order valence-corrected chi connectivity index (χ0v) is 9.59. The molecule has 0 radical (unpaired) electrons. The van der Waals surface area contributed by atoms with Gasteiger partial charge < -0.3 is 4.74 Å². The molecule has 0 aliphatic rings. The van der Waals surface area contributed by atoms with Gasteiger partial charge in [-0.15, -0.1) is 0 Å². The Kier molecular flexibility index (Phi) is 4.15. The van der Waals surface area contributed by atoms with Gasteiger partial charge in [0.1, 0.15) is 11.6 Å². The maximum absolute atomic E-state index is 13.2. The molecule has 4 heteroatoms. The van der Waals surface area contributed by atoms with Gasteiger partial charge in [0.2, 0.25) is 0 Å². The standard InChI is InChI=1S/C13H12F2O2/c1-8(2)13(16)17-11-6-4-10(5-7-11)12(15)9(3)14/h4-7H,1H2,2-3H3/b12-9+. The van der Waals surface area contributed by atoms with Gasteiger partial charge in [-0.3, -0.25) is 0 Å². The van der Waals surface area contributed by atoms with Gasteiger partial charge in [-0.2, -0.15) is 0 Å². The highest BCUT2D eigenvalue weighted by Gasteiger charge is 2.07. The minimum atomic E-state index is -0.928. The van der Waals surface area contributed by atoms with Crippen molar-refractivity contribution in [2.75, 3.05) is 0 Å². The van der Waals surface area contributed by atoms with E-state index in [1.54, 1.807) is 0 Å². The van der Waals surface area contributed by atoms with Crippen molar-refractivity contribution in [1.29, 1.82) is 0 Å². The van der Waals surface area contributed by atoms with Crippen LogP contribution in [0.25, 0.3) is 5.83 Å². The third-order valence-electron chi connectivity index (χ3n) is 1.97. The molecule has 0 aliphatic heterocycles. The van der Waals surface area contributed by atoms with E-state index in [1.807, 2.05) is 0 Å². The van der Waals surface area contributed by atoms with E-state index in [2.05, 4.69) is 6.58 Å². The highest BCUT2D eigenvalue weighted by molar-refractivity contribution is 5.88. The molecule has 17 heavy (non-hydrogen) atoms. The Morgan fingerprint density at radius 3 is 2.12 bits per heavy atom. The monoisotopic (exact) mass is 238 g/mol. The Morgan fingerprint density at radius 1 is 1.18 bits per heavy atom. The molecule has 0 saturated heterocycles. The summed E-state index contributed by atoms with van der Waals surface area (Å²) >= 11 is 0. The van der Waals surface area contributed by atoms with Gasteiger partial charge in [-0.1, -0.05) is 6.58 Å². The normalized spacial score (nSPS) is 11.8. The highest BCUT2D eigenvalue weighted by atomic mass is 19.2. The van der Waals surface area contributed by atoms with Gasteiger partial charge in [0.05, 0.1) is 0 Å². The molecular weight excluding hydrogens is 226 g/mol. The fourth-order valence-corrected chi connectivity index (χ4v) is 1.06. The summed E-state index contributed by atoms with van der Waals surface area (Å²) in [6.45, 7) is 5.98. The molecule has 2 nitrogen and oxygen atoms in total. The second kappa shape index (κ2) is 5.39. The van der Waals surface area contributed by atoms with Gasteiger partial charge >= 0.3 is 5.97 Å². The molecule has 0 amide bonds.